The zero-order valence-electron chi connectivity index (χ0n) is 20.5. The van der Waals surface area contributed by atoms with Crippen LogP contribution in [0.4, 0.5) is 0 Å². The Morgan fingerprint density at radius 3 is 2.34 bits per heavy atom. The van der Waals surface area contributed by atoms with E-state index in [-0.39, 0.29) is 23.6 Å². The SMILES string of the molecule is CCOc1ccc(/C(O)=C2/C(=O)C(=O)N(CCN(C)C)C2c2ccc(OC)c(OC(C)=O)c2)cc1. The van der Waals surface area contributed by atoms with Crippen LogP contribution in [0.5, 0.6) is 17.2 Å². The van der Waals surface area contributed by atoms with Gasteiger partial charge in [0.1, 0.15) is 11.5 Å². The van der Waals surface area contributed by atoms with E-state index in [1.807, 2.05) is 25.9 Å². The van der Waals surface area contributed by atoms with Crippen molar-refractivity contribution < 1.29 is 33.7 Å². The van der Waals surface area contributed by atoms with Gasteiger partial charge < -0.3 is 29.1 Å². The van der Waals surface area contributed by atoms with Gasteiger partial charge >= 0.3 is 5.97 Å². The summed E-state index contributed by atoms with van der Waals surface area (Å²) in [6, 6.07) is 10.6. The topological polar surface area (TPSA) is 106 Å². The second-order valence-electron chi connectivity index (χ2n) is 8.26. The van der Waals surface area contributed by atoms with Gasteiger partial charge in [0.2, 0.25) is 0 Å². The third-order valence-electron chi connectivity index (χ3n) is 5.52. The van der Waals surface area contributed by atoms with E-state index in [0.717, 1.165) is 0 Å². The van der Waals surface area contributed by atoms with E-state index in [9.17, 15) is 19.5 Å². The third-order valence-corrected chi connectivity index (χ3v) is 5.52. The lowest BCUT2D eigenvalue weighted by Gasteiger charge is -2.27. The molecular formula is C26H30N2O7. The minimum atomic E-state index is -0.887. The highest BCUT2D eigenvalue weighted by atomic mass is 16.6. The van der Waals surface area contributed by atoms with Crippen LogP contribution >= 0.6 is 0 Å². The number of aliphatic hydroxyl groups excluding tert-OH is 1. The molecule has 1 saturated heterocycles. The van der Waals surface area contributed by atoms with Gasteiger partial charge in [-0.05, 0) is 63.0 Å². The molecule has 9 heteroatoms. The molecule has 1 amide bonds. The number of esters is 1. The Morgan fingerprint density at radius 1 is 1.09 bits per heavy atom. The van der Waals surface area contributed by atoms with Crippen LogP contribution in [-0.4, -0.2) is 73.5 Å². The molecule has 0 aliphatic carbocycles. The summed E-state index contributed by atoms with van der Waals surface area (Å²) in [4.78, 5) is 41.2. The van der Waals surface area contributed by atoms with Crippen molar-refractivity contribution in [3.63, 3.8) is 0 Å². The molecule has 0 aromatic heterocycles. The molecular weight excluding hydrogens is 452 g/mol. The number of ketones is 1. The van der Waals surface area contributed by atoms with E-state index in [2.05, 4.69) is 0 Å². The molecule has 1 atom stereocenters. The Labute approximate surface area is 204 Å². The van der Waals surface area contributed by atoms with Gasteiger partial charge in [-0.25, -0.2) is 0 Å². The summed E-state index contributed by atoms with van der Waals surface area (Å²) in [5.74, 6) is -1.25. The first-order chi connectivity index (χ1) is 16.7. The third kappa shape index (κ3) is 5.63. The summed E-state index contributed by atoms with van der Waals surface area (Å²) in [7, 11) is 5.16. The molecule has 1 N–H and O–H groups in total. The smallest absolute Gasteiger partial charge is 0.308 e. The van der Waals surface area contributed by atoms with E-state index in [1.165, 1.54) is 18.9 Å². The number of aliphatic hydroxyl groups is 1. The van der Waals surface area contributed by atoms with E-state index in [4.69, 9.17) is 14.2 Å². The molecule has 1 unspecified atom stereocenters. The second-order valence-corrected chi connectivity index (χ2v) is 8.26. The van der Waals surface area contributed by atoms with Crippen molar-refractivity contribution >= 4 is 23.4 Å². The molecule has 0 radical (unpaired) electrons. The monoisotopic (exact) mass is 482 g/mol. The van der Waals surface area contributed by atoms with Crippen molar-refractivity contribution in [2.45, 2.75) is 19.9 Å². The van der Waals surface area contributed by atoms with Gasteiger partial charge in [-0.2, -0.15) is 0 Å². The molecule has 186 valence electrons. The fraction of sp³-hybridized carbons (Fsp3) is 0.346. The quantitative estimate of drug-likeness (QED) is 0.191. The summed E-state index contributed by atoms with van der Waals surface area (Å²) in [5.41, 5.74) is 0.821. The van der Waals surface area contributed by atoms with Crippen molar-refractivity contribution in [1.82, 2.24) is 9.80 Å². The van der Waals surface area contributed by atoms with E-state index >= 15 is 0 Å². The molecule has 9 nitrogen and oxygen atoms in total. The minimum Gasteiger partial charge on any atom is -0.507 e. The summed E-state index contributed by atoms with van der Waals surface area (Å²) in [5, 5.41) is 11.2. The van der Waals surface area contributed by atoms with Gasteiger partial charge in [0, 0.05) is 25.6 Å². The number of hydrogen-bond donors (Lipinski definition) is 1. The standard InChI is InChI=1S/C26H30N2O7/c1-6-34-19-10-7-17(8-11-19)24(30)22-23(28(14-13-27(3)4)26(32)25(22)31)18-9-12-20(33-5)21(15-18)35-16(2)29/h7-12,15,23,30H,6,13-14H2,1-5H3/b24-22-. The predicted molar refractivity (Wildman–Crippen MR) is 129 cm³/mol. The molecule has 1 fully saturated rings. The lowest BCUT2D eigenvalue weighted by molar-refractivity contribution is -0.140. The zero-order chi connectivity index (χ0) is 25.7. The Hall–Kier alpha value is -3.85. The number of likely N-dealkylation sites (N-methyl/N-ethyl adjacent to an activating group) is 1. The predicted octanol–water partition coefficient (Wildman–Crippen LogP) is 3.00. The van der Waals surface area contributed by atoms with Crippen molar-refractivity contribution in [3.8, 4) is 17.2 Å². The number of methoxy groups -OCH3 is 1. The Bertz CT molecular complexity index is 1140. The highest BCUT2D eigenvalue weighted by Gasteiger charge is 2.46. The fourth-order valence-electron chi connectivity index (χ4n) is 3.89. The number of amides is 1. The van der Waals surface area contributed by atoms with Gasteiger partial charge in [-0.1, -0.05) is 6.07 Å². The number of nitrogens with zero attached hydrogens (tertiary/aromatic N) is 2. The van der Waals surface area contributed by atoms with Gasteiger partial charge in [0.05, 0.1) is 25.3 Å². The summed E-state index contributed by atoms with van der Waals surface area (Å²) in [6.45, 7) is 4.37. The Balaban J connectivity index is 2.16. The molecule has 1 aliphatic rings. The number of Topliss-reactive ketones (excluding diaryl/α,β-unsaturated/α-hetero) is 1. The van der Waals surface area contributed by atoms with Gasteiger partial charge in [-0.3, -0.25) is 14.4 Å². The molecule has 1 heterocycles. The van der Waals surface area contributed by atoms with Gasteiger partial charge in [0.15, 0.2) is 11.5 Å². The van der Waals surface area contributed by atoms with Crippen molar-refractivity contribution in [3.05, 3.63) is 59.2 Å². The molecule has 2 aromatic carbocycles. The van der Waals surface area contributed by atoms with E-state index in [0.29, 0.717) is 35.8 Å². The number of carbonyl (C=O) groups excluding carboxylic acids is 3. The lowest BCUT2D eigenvalue weighted by Crippen LogP contribution is -2.35. The number of carbonyl (C=O) groups is 3. The lowest BCUT2D eigenvalue weighted by atomic mass is 9.95. The van der Waals surface area contributed by atoms with Gasteiger partial charge in [0.25, 0.3) is 11.7 Å². The van der Waals surface area contributed by atoms with Crippen LogP contribution in [-0.2, 0) is 14.4 Å². The van der Waals surface area contributed by atoms with Crippen LogP contribution in [0.3, 0.4) is 0 Å². The first kappa shape index (κ1) is 25.8. The van der Waals surface area contributed by atoms with Gasteiger partial charge in [-0.15, -0.1) is 0 Å². The number of hydrogen-bond acceptors (Lipinski definition) is 8. The number of likely N-dealkylation sites (tertiary alicyclic amines) is 1. The van der Waals surface area contributed by atoms with Crippen molar-refractivity contribution in [2.75, 3.05) is 40.9 Å². The second kappa shape index (κ2) is 11.1. The minimum absolute atomic E-state index is 0.0446. The maximum Gasteiger partial charge on any atom is 0.308 e. The molecule has 2 aromatic rings. The summed E-state index contributed by atoms with van der Waals surface area (Å²) < 4.78 is 16.0. The maximum absolute atomic E-state index is 13.2. The summed E-state index contributed by atoms with van der Waals surface area (Å²) in [6.07, 6.45) is 0. The fourth-order valence-corrected chi connectivity index (χ4v) is 3.89. The number of benzene rings is 2. The first-order valence-corrected chi connectivity index (χ1v) is 11.2. The van der Waals surface area contributed by atoms with Crippen LogP contribution in [0.1, 0.15) is 31.0 Å². The van der Waals surface area contributed by atoms with E-state index in [1.54, 1.807) is 42.5 Å². The highest BCUT2D eigenvalue weighted by Crippen LogP contribution is 2.42. The summed E-state index contributed by atoms with van der Waals surface area (Å²) >= 11 is 0. The average molecular weight is 483 g/mol. The van der Waals surface area contributed by atoms with Crippen molar-refractivity contribution in [2.24, 2.45) is 0 Å². The molecule has 0 spiro atoms. The largest absolute Gasteiger partial charge is 0.507 e. The van der Waals surface area contributed by atoms with Crippen LogP contribution in [0.25, 0.3) is 5.76 Å². The number of rotatable bonds is 9. The highest BCUT2D eigenvalue weighted by molar-refractivity contribution is 6.46. The first-order valence-electron chi connectivity index (χ1n) is 11.2. The Morgan fingerprint density at radius 2 is 1.77 bits per heavy atom. The Kier molecular flexibility index (Phi) is 8.14. The zero-order valence-corrected chi connectivity index (χ0v) is 20.5. The molecule has 35 heavy (non-hydrogen) atoms. The average Bonchev–Trinajstić information content (AvgIpc) is 3.07. The molecule has 0 bridgehead atoms. The molecule has 1 aliphatic heterocycles. The maximum atomic E-state index is 13.2. The van der Waals surface area contributed by atoms with Crippen LogP contribution in [0, 0.1) is 0 Å². The van der Waals surface area contributed by atoms with Crippen LogP contribution in [0.15, 0.2) is 48.0 Å². The van der Waals surface area contributed by atoms with E-state index < -0.39 is 23.7 Å². The van der Waals surface area contributed by atoms with Crippen LogP contribution in [0.2, 0.25) is 0 Å². The molecule has 0 saturated carbocycles. The van der Waals surface area contributed by atoms with Crippen molar-refractivity contribution in [1.29, 1.82) is 0 Å². The number of ether oxygens (including phenoxy) is 3. The normalized spacial score (nSPS) is 17.1. The van der Waals surface area contributed by atoms with Crippen LogP contribution < -0.4 is 14.2 Å². The molecule has 3 rings (SSSR count).